The smallest absolute Gasteiger partial charge is 0.255 e. The molecule has 2 aromatic heterocycles. The molecule has 7 heteroatoms. The molecular weight excluding hydrogens is 368 g/mol. The minimum atomic E-state index is 0.121. The molecule has 1 saturated heterocycles. The van der Waals surface area contributed by atoms with Crippen molar-refractivity contribution in [2.75, 3.05) is 33.9 Å². The second-order valence-corrected chi connectivity index (χ2v) is 7.76. The van der Waals surface area contributed by atoms with Crippen molar-refractivity contribution < 1.29 is 14.3 Å². The molecule has 2 aromatic rings. The minimum Gasteiger partial charge on any atom is -0.383 e. The van der Waals surface area contributed by atoms with Gasteiger partial charge in [-0.15, -0.1) is 0 Å². The first-order valence-corrected chi connectivity index (χ1v) is 10.2. The van der Waals surface area contributed by atoms with Gasteiger partial charge in [0.25, 0.3) is 5.91 Å². The Hall–Kier alpha value is -2.25. The average Bonchev–Trinajstić information content (AvgIpc) is 3.01. The Bertz CT molecular complexity index is 854. The Kier molecular flexibility index (Phi) is 7.03. The largest absolute Gasteiger partial charge is 0.383 e. The lowest BCUT2D eigenvalue weighted by Crippen LogP contribution is -2.38. The van der Waals surface area contributed by atoms with E-state index in [1.165, 1.54) is 0 Å². The zero-order valence-corrected chi connectivity index (χ0v) is 18.2. The maximum absolute atomic E-state index is 13.2. The number of piperidine rings is 1. The van der Waals surface area contributed by atoms with Crippen LogP contribution in [0.2, 0.25) is 0 Å². The minimum absolute atomic E-state index is 0.121. The summed E-state index contributed by atoms with van der Waals surface area (Å²) in [5.74, 6) is 1.23. The molecule has 7 nitrogen and oxygen atoms in total. The van der Waals surface area contributed by atoms with E-state index in [-0.39, 0.29) is 5.91 Å². The first kappa shape index (κ1) is 21.5. The molecule has 1 aliphatic rings. The summed E-state index contributed by atoms with van der Waals surface area (Å²) in [5, 5.41) is 0. The van der Waals surface area contributed by atoms with Crippen molar-refractivity contribution in [3.8, 4) is 0 Å². The highest BCUT2D eigenvalue weighted by molar-refractivity contribution is 5.95. The standard InChI is InChI=1S/C22H32N4O3/c1-15-12-20(16(2)26(15)10-11-28-4)22(27)25-8-6-18(7-9-25)21-19(14-29-5)13-23-17(3)24-21/h12-13,18H,6-11,14H2,1-5H3. The van der Waals surface area contributed by atoms with Gasteiger partial charge in [-0.1, -0.05) is 0 Å². The maximum Gasteiger partial charge on any atom is 0.255 e. The lowest BCUT2D eigenvalue weighted by Gasteiger charge is -2.32. The summed E-state index contributed by atoms with van der Waals surface area (Å²) in [7, 11) is 3.38. The third-order valence-corrected chi connectivity index (χ3v) is 5.81. The molecule has 0 unspecified atom stereocenters. The highest BCUT2D eigenvalue weighted by Crippen LogP contribution is 2.30. The van der Waals surface area contributed by atoms with Gasteiger partial charge in [0.1, 0.15) is 5.82 Å². The average molecular weight is 401 g/mol. The summed E-state index contributed by atoms with van der Waals surface area (Å²) in [6.07, 6.45) is 3.68. The van der Waals surface area contributed by atoms with Gasteiger partial charge >= 0.3 is 0 Å². The molecule has 1 amide bonds. The molecule has 1 aliphatic heterocycles. The van der Waals surface area contributed by atoms with E-state index in [2.05, 4.69) is 9.55 Å². The van der Waals surface area contributed by atoms with Gasteiger partial charge in [-0.2, -0.15) is 0 Å². The Labute approximate surface area is 173 Å². The van der Waals surface area contributed by atoms with Gasteiger partial charge in [0.05, 0.1) is 24.5 Å². The van der Waals surface area contributed by atoms with Gasteiger partial charge in [-0.05, 0) is 39.7 Å². The summed E-state index contributed by atoms with van der Waals surface area (Å²) in [6, 6.07) is 2.00. The number of ether oxygens (including phenoxy) is 2. The van der Waals surface area contributed by atoms with Crippen LogP contribution in [-0.2, 0) is 22.6 Å². The number of hydrogen-bond donors (Lipinski definition) is 0. The van der Waals surface area contributed by atoms with Crippen molar-refractivity contribution in [2.45, 2.75) is 52.7 Å². The van der Waals surface area contributed by atoms with E-state index < -0.39 is 0 Å². The van der Waals surface area contributed by atoms with Crippen LogP contribution in [0.15, 0.2) is 12.3 Å². The van der Waals surface area contributed by atoms with E-state index in [1.54, 1.807) is 14.2 Å². The summed E-state index contributed by atoms with van der Waals surface area (Å²) in [4.78, 5) is 24.1. The highest BCUT2D eigenvalue weighted by atomic mass is 16.5. The number of aromatic nitrogens is 3. The monoisotopic (exact) mass is 400 g/mol. The number of methoxy groups -OCH3 is 2. The number of carbonyl (C=O) groups excluding carboxylic acids is 1. The van der Waals surface area contributed by atoms with Crippen molar-refractivity contribution in [1.29, 1.82) is 0 Å². The van der Waals surface area contributed by atoms with Crippen LogP contribution in [0.1, 0.15) is 57.6 Å². The van der Waals surface area contributed by atoms with Gasteiger partial charge < -0.3 is 18.9 Å². The van der Waals surface area contributed by atoms with Crippen molar-refractivity contribution in [3.63, 3.8) is 0 Å². The summed E-state index contributed by atoms with van der Waals surface area (Å²) >= 11 is 0. The van der Waals surface area contributed by atoms with Gasteiger partial charge in [0.15, 0.2) is 0 Å². The topological polar surface area (TPSA) is 69.5 Å². The molecule has 0 saturated carbocycles. The predicted molar refractivity (Wildman–Crippen MR) is 111 cm³/mol. The number of hydrogen-bond acceptors (Lipinski definition) is 5. The van der Waals surface area contributed by atoms with E-state index in [9.17, 15) is 4.79 Å². The fourth-order valence-electron chi connectivity index (χ4n) is 4.20. The normalized spacial score (nSPS) is 15.1. The van der Waals surface area contributed by atoms with Crippen LogP contribution >= 0.6 is 0 Å². The molecule has 0 aromatic carbocycles. The lowest BCUT2D eigenvalue weighted by atomic mass is 9.90. The van der Waals surface area contributed by atoms with Crippen LogP contribution < -0.4 is 0 Å². The number of carbonyl (C=O) groups is 1. The van der Waals surface area contributed by atoms with Crippen LogP contribution in [-0.4, -0.2) is 59.3 Å². The Morgan fingerprint density at radius 3 is 2.55 bits per heavy atom. The molecule has 0 spiro atoms. The van der Waals surface area contributed by atoms with Crippen molar-refractivity contribution in [3.05, 3.63) is 46.3 Å². The quantitative estimate of drug-likeness (QED) is 0.715. The zero-order valence-electron chi connectivity index (χ0n) is 18.2. The Balaban J connectivity index is 1.70. The van der Waals surface area contributed by atoms with E-state index in [1.807, 2.05) is 37.9 Å². The predicted octanol–water partition coefficient (Wildman–Crippen LogP) is 3.02. The van der Waals surface area contributed by atoms with Gasteiger partial charge in [0, 0.05) is 62.9 Å². The highest BCUT2D eigenvalue weighted by Gasteiger charge is 2.28. The van der Waals surface area contributed by atoms with Gasteiger partial charge in [-0.3, -0.25) is 4.79 Å². The van der Waals surface area contributed by atoms with E-state index >= 15 is 0 Å². The van der Waals surface area contributed by atoms with Crippen molar-refractivity contribution in [2.24, 2.45) is 0 Å². The number of likely N-dealkylation sites (tertiary alicyclic amines) is 1. The molecule has 3 rings (SSSR count). The third-order valence-electron chi connectivity index (χ3n) is 5.81. The number of amides is 1. The van der Waals surface area contributed by atoms with E-state index in [0.29, 0.717) is 19.1 Å². The Morgan fingerprint density at radius 2 is 1.90 bits per heavy atom. The summed E-state index contributed by atoms with van der Waals surface area (Å²) in [6.45, 7) is 9.36. The van der Waals surface area contributed by atoms with Crippen LogP contribution in [0.3, 0.4) is 0 Å². The fraction of sp³-hybridized carbons (Fsp3) is 0.591. The fourth-order valence-corrected chi connectivity index (χ4v) is 4.20. The van der Waals surface area contributed by atoms with Crippen LogP contribution in [0.4, 0.5) is 0 Å². The number of nitrogens with zero attached hydrogens (tertiary/aromatic N) is 4. The molecule has 1 fully saturated rings. The SMILES string of the molecule is COCCn1c(C)cc(C(=O)N2CCC(c3nc(C)ncc3COC)CC2)c1C. The molecule has 158 valence electrons. The molecule has 0 aliphatic carbocycles. The van der Waals surface area contributed by atoms with Gasteiger partial charge in [0.2, 0.25) is 0 Å². The molecule has 0 atom stereocenters. The van der Waals surface area contributed by atoms with E-state index in [0.717, 1.165) is 66.5 Å². The van der Waals surface area contributed by atoms with Crippen molar-refractivity contribution >= 4 is 5.91 Å². The first-order chi connectivity index (χ1) is 14.0. The zero-order chi connectivity index (χ0) is 21.0. The van der Waals surface area contributed by atoms with Crippen LogP contribution in [0, 0.1) is 20.8 Å². The Morgan fingerprint density at radius 1 is 1.17 bits per heavy atom. The molecule has 29 heavy (non-hydrogen) atoms. The van der Waals surface area contributed by atoms with Gasteiger partial charge in [-0.25, -0.2) is 9.97 Å². The third kappa shape index (κ3) is 4.67. The molecular formula is C22H32N4O3. The lowest BCUT2D eigenvalue weighted by molar-refractivity contribution is 0.0710. The second kappa shape index (κ2) is 9.50. The van der Waals surface area contributed by atoms with Crippen LogP contribution in [0.5, 0.6) is 0 Å². The molecule has 3 heterocycles. The summed E-state index contributed by atoms with van der Waals surface area (Å²) in [5.41, 5.74) is 5.03. The first-order valence-electron chi connectivity index (χ1n) is 10.2. The van der Waals surface area contributed by atoms with Crippen molar-refractivity contribution in [1.82, 2.24) is 19.4 Å². The molecule has 0 bridgehead atoms. The molecule has 0 N–H and O–H groups in total. The van der Waals surface area contributed by atoms with Crippen LogP contribution in [0.25, 0.3) is 0 Å². The number of rotatable bonds is 7. The molecule has 0 radical (unpaired) electrons. The van der Waals surface area contributed by atoms with E-state index in [4.69, 9.17) is 14.5 Å². The number of aryl methyl sites for hydroxylation is 2. The maximum atomic E-state index is 13.2. The second-order valence-electron chi connectivity index (χ2n) is 7.76. The summed E-state index contributed by atoms with van der Waals surface area (Å²) < 4.78 is 12.7.